The maximum Gasteiger partial charge on any atom is 0.191 e. The minimum Gasteiger partial charge on any atom is -0.388 e. The molecule has 2 aliphatic rings. The second-order valence-corrected chi connectivity index (χ2v) is 7.27. The lowest BCUT2D eigenvalue weighted by Gasteiger charge is -2.35. The van der Waals surface area contributed by atoms with Gasteiger partial charge >= 0.3 is 0 Å². The summed E-state index contributed by atoms with van der Waals surface area (Å²) in [4.78, 5) is 6.93. The third kappa shape index (κ3) is 5.62. The van der Waals surface area contributed by atoms with E-state index in [0.29, 0.717) is 12.6 Å². The smallest absolute Gasteiger partial charge is 0.191 e. The first kappa shape index (κ1) is 20.6. The molecule has 1 atom stereocenters. The van der Waals surface area contributed by atoms with E-state index in [2.05, 4.69) is 33.5 Å². The van der Waals surface area contributed by atoms with Crippen molar-refractivity contribution in [1.82, 2.24) is 10.6 Å². The Hall–Kier alpha value is -0.730. The molecule has 0 aromatic heterocycles. The molecule has 140 valence electrons. The van der Waals surface area contributed by atoms with Crippen LogP contribution in [0, 0.1) is 0 Å². The molecular weight excluding hydrogens is 451 g/mol. The summed E-state index contributed by atoms with van der Waals surface area (Å²) in [5.74, 6) is 0.802. The largest absolute Gasteiger partial charge is 0.388 e. The van der Waals surface area contributed by atoms with Crippen molar-refractivity contribution < 1.29 is 5.11 Å². The summed E-state index contributed by atoms with van der Waals surface area (Å²) >= 11 is 6.09. The molecule has 0 spiro atoms. The summed E-state index contributed by atoms with van der Waals surface area (Å²) < 4.78 is 0. The maximum atomic E-state index is 10.2. The highest BCUT2D eigenvalue weighted by Gasteiger charge is 2.34. The number of hydrogen-bond acceptors (Lipinski definition) is 3. The highest BCUT2D eigenvalue weighted by Crippen LogP contribution is 2.31. The molecule has 2 fully saturated rings. The molecule has 1 aromatic rings. The number of aliphatic hydroxyl groups is 1. The number of nitrogens with one attached hydrogen (secondary N) is 2. The fraction of sp³-hybridized carbons (Fsp3) is 0.611. The number of benzene rings is 1. The van der Waals surface area contributed by atoms with Gasteiger partial charge in [0.25, 0.3) is 0 Å². The molecular formula is C18H28ClIN4O. The van der Waals surface area contributed by atoms with Crippen molar-refractivity contribution in [2.24, 2.45) is 4.99 Å². The van der Waals surface area contributed by atoms with Crippen molar-refractivity contribution in [3.8, 4) is 0 Å². The molecule has 0 radical (unpaired) electrons. The molecule has 1 saturated carbocycles. The van der Waals surface area contributed by atoms with Crippen LogP contribution in [-0.2, 0) is 0 Å². The Morgan fingerprint density at radius 3 is 2.88 bits per heavy atom. The lowest BCUT2D eigenvalue weighted by Crippen LogP contribution is -2.46. The summed E-state index contributed by atoms with van der Waals surface area (Å²) in [5.41, 5.74) is 0.586. The van der Waals surface area contributed by atoms with Crippen LogP contribution in [0.4, 0.5) is 5.69 Å². The van der Waals surface area contributed by atoms with E-state index in [9.17, 15) is 5.11 Å². The van der Waals surface area contributed by atoms with Gasteiger partial charge in [-0.1, -0.05) is 17.7 Å². The monoisotopic (exact) mass is 478 g/mol. The van der Waals surface area contributed by atoms with Crippen LogP contribution < -0.4 is 15.5 Å². The summed E-state index contributed by atoms with van der Waals surface area (Å²) in [6, 6.07) is 8.34. The quantitative estimate of drug-likeness (QED) is 0.346. The number of nitrogens with zero attached hydrogens (tertiary/aromatic N) is 2. The van der Waals surface area contributed by atoms with Crippen molar-refractivity contribution in [3.63, 3.8) is 0 Å². The Morgan fingerprint density at radius 2 is 2.24 bits per heavy atom. The Labute approximate surface area is 172 Å². The van der Waals surface area contributed by atoms with Crippen LogP contribution in [0.3, 0.4) is 0 Å². The number of guanidine groups is 1. The van der Waals surface area contributed by atoms with E-state index in [4.69, 9.17) is 11.6 Å². The molecule has 1 aliphatic heterocycles. The Morgan fingerprint density at radius 1 is 1.44 bits per heavy atom. The molecule has 1 heterocycles. The number of hydrogen-bond donors (Lipinski definition) is 3. The van der Waals surface area contributed by atoms with Gasteiger partial charge in [-0.05, 0) is 50.8 Å². The highest BCUT2D eigenvalue weighted by atomic mass is 127. The molecule has 1 unspecified atom stereocenters. The molecule has 25 heavy (non-hydrogen) atoms. The lowest BCUT2D eigenvalue weighted by molar-refractivity contribution is -0.0236. The molecule has 3 N–H and O–H groups in total. The standard InChI is InChI=1S/C18H27ClN4O.HI/c1-2-20-17(21-13-18(24)8-4-9-18)22-15-7-10-23(12-15)16-6-3-5-14(19)11-16;/h3,5-6,11,15,24H,2,4,7-10,12-13H2,1H3,(H2,20,21,22);1H. The zero-order chi connectivity index (χ0) is 17.0. The van der Waals surface area contributed by atoms with E-state index >= 15 is 0 Å². The molecule has 1 saturated heterocycles. The number of anilines is 1. The average Bonchev–Trinajstić information content (AvgIpc) is 2.99. The minimum atomic E-state index is -0.579. The SMILES string of the molecule is CCNC(=NCC1(O)CCC1)NC1CCN(c2cccc(Cl)c2)C1.I. The van der Waals surface area contributed by atoms with E-state index in [1.807, 2.05) is 18.2 Å². The van der Waals surface area contributed by atoms with Gasteiger partial charge in [0.1, 0.15) is 0 Å². The van der Waals surface area contributed by atoms with Crippen LogP contribution in [0.5, 0.6) is 0 Å². The van der Waals surface area contributed by atoms with E-state index < -0.39 is 5.60 Å². The van der Waals surface area contributed by atoms with Gasteiger partial charge in [-0.2, -0.15) is 0 Å². The molecule has 5 nitrogen and oxygen atoms in total. The van der Waals surface area contributed by atoms with Gasteiger partial charge in [0.15, 0.2) is 5.96 Å². The number of rotatable bonds is 5. The van der Waals surface area contributed by atoms with E-state index in [-0.39, 0.29) is 24.0 Å². The Kier molecular flexibility index (Phi) is 7.64. The van der Waals surface area contributed by atoms with Crippen LogP contribution in [-0.4, -0.2) is 48.9 Å². The predicted octanol–water partition coefficient (Wildman–Crippen LogP) is 3.01. The van der Waals surface area contributed by atoms with Crippen molar-refractivity contribution in [1.29, 1.82) is 0 Å². The van der Waals surface area contributed by atoms with E-state index in [1.54, 1.807) is 0 Å². The summed E-state index contributed by atoms with van der Waals surface area (Å²) in [6.07, 6.45) is 3.89. The topological polar surface area (TPSA) is 59.9 Å². The zero-order valence-corrected chi connectivity index (χ0v) is 17.8. The second-order valence-electron chi connectivity index (χ2n) is 6.83. The first-order chi connectivity index (χ1) is 11.6. The van der Waals surface area contributed by atoms with Gasteiger partial charge in [0, 0.05) is 36.4 Å². The molecule has 3 rings (SSSR count). The van der Waals surface area contributed by atoms with Crippen LogP contribution in [0.1, 0.15) is 32.6 Å². The van der Waals surface area contributed by atoms with Crippen molar-refractivity contribution in [2.75, 3.05) is 31.1 Å². The van der Waals surface area contributed by atoms with Gasteiger partial charge in [-0.15, -0.1) is 24.0 Å². The fourth-order valence-electron chi connectivity index (χ4n) is 3.27. The van der Waals surface area contributed by atoms with Crippen LogP contribution >= 0.6 is 35.6 Å². The van der Waals surface area contributed by atoms with Gasteiger partial charge in [-0.25, -0.2) is 0 Å². The molecule has 1 aromatic carbocycles. The minimum absolute atomic E-state index is 0. The van der Waals surface area contributed by atoms with E-state index in [1.165, 1.54) is 0 Å². The maximum absolute atomic E-state index is 10.2. The zero-order valence-electron chi connectivity index (χ0n) is 14.7. The van der Waals surface area contributed by atoms with Crippen LogP contribution in [0.15, 0.2) is 29.3 Å². The summed E-state index contributed by atoms with van der Waals surface area (Å²) in [6.45, 7) is 5.28. The van der Waals surface area contributed by atoms with Crippen LogP contribution in [0.25, 0.3) is 0 Å². The third-order valence-corrected chi connectivity index (χ3v) is 5.10. The first-order valence-corrected chi connectivity index (χ1v) is 9.23. The van der Waals surface area contributed by atoms with Crippen molar-refractivity contribution in [2.45, 2.75) is 44.2 Å². The second kappa shape index (κ2) is 9.28. The van der Waals surface area contributed by atoms with E-state index in [0.717, 1.165) is 62.0 Å². The Bertz CT molecular complexity index is 594. The normalized spacial score (nSPS) is 22.1. The average molecular weight is 479 g/mol. The first-order valence-electron chi connectivity index (χ1n) is 8.86. The predicted molar refractivity (Wildman–Crippen MR) is 115 cm³/mol. The molecule has 7 heteroatoms. The van der Waals surface area contributed by atoms with Gasteiger partial charge in [-0.3, -0.25) is 4.99 Å². The molecule has 0 bridgehead atoms. The molecule has 0 amide bonds. The third-order valence-electron chi connectivity index (χ3n) is 4.86. The van der Waals surface area contributed by atoms with Gasteiger partial charge in [0.05, 0.1) is 12.1 Å². The van der Waals surface area contributed by atoms with Crippen LogP contribution in [0.2, 0.25) is 5.02 Å². The highest BCUT2D eigenvalue weighted by molar-refractivity contribution is 14.0. The number of halogens is 2. The number of aliphatic imine (C=N–C) groups is 1. The van der Waals surface area contributed by atoms with Gasteiger partial charge in [0.2, 0.25) is 0 Å². The fourth-order valence-corrected chi connectivity index (χ4v) is 3.45. The van der Waals surface area contributed by atoms with Gasteiger partial charge < -0.3 is 20.6 Å². The Balaban J connectivity index is 0.00000225. The lowest BCUT2D eigenvalue weighted by atomic mass is 9.80. The molecule has 1 aliphatic carbocycles. The summed E-state index contributed by atoms with van der Waals surface area (Å²) in [7, 11) is 0. The van der Waals surface area contributed by atoms with Crippen molar-refractivity contribution in [3.05, 3.63) is 29.3 Å². The van der Waals surface area contributed by atoms with Crippen molar-refractivity contribution >= 4 is 47.2 Å². The summed E-state index contributed by atoms with van der Waals surface area (Å²) in [5, 5.41) is 17.8.